The standard InChI is InChI=1S/C15H14FNO4S/c16-12-8-4-5-9-14(12)22(20,21)17-13(15(18)19)10-11-6-2-1-3-7-11/h1-9,13,17H,10H2,(H,18,19)/p-1. The lowest BCUT2D eigenvalue weighted by Crippen LogP contribution is -2.49. The van der Waals surface area contributed by atoms with E-state index in [-0.39, 0.29) is 6.42 Å². The molecule has 1 unspecified atom stereocenters. The molecule has 0 aliphatic carbocycles. The number of sulfonamides is 1. The molecule has 1 atom stereocenters. The zero-order chi connectivity index (χ0) is 16.2. The number of rotatable bonds is 6. The molecule has 116 valence electrons. The third-order valence-electron chi connectivity index (χ3n) is 2.99. The summed E-state index contributed by atoms with van der Waals surface area (Å²) in [5.41, 5.74) is 0.618. The summed E-state index contributed by atoms with van der Waals surface area (Å²) in [7, 11) is -4.30. The number of carboxylic acids is 1. The van der Waals surface area contributed by atoms with E-state index in [1.165, 1.54) is 12.1 Å². The number of nitrogens with one attached hydrogen (secondary N) is 1. The number of hydrogen-bond donors (Lipinski definition) is 1. The Balaban J connectivity index is 2.24. The topological polar surface area (TPSA) is 86.3 Å². The Morgan fingerprint density at radius 3 is 2.27 bits per heavy atom. The van der Waals surface area contributed by atoms with E-state index in [1.54, 1.807) is 30.3 Å². The second kappa shape index (κ2) is 6.67. The molecule has 0 amide bonds. The quantitative estimate of drug-likeness (QED) is 0.837. The Bertz CT molecular complexity index is 762. The first kappa shape index (κ1) is 16.1. The molecule has 0 saturated carbocycles. The van der Waals surface area contributed by atoms with Gasteiger partial charge >= 0.3 is 0 Å². The first-order valence-electron chi connectivity index (χ1n) is 6.42. The molecule has 2 rings (SSSR count). The molecule has 0 spiro atoms. The summed E-state index contributed by atoms with van der Waals surface area (Å²) in [4.78, 5) is 10.6. The molecule has 2 aromatic carbocycles. The molecule has 5 nitrogen and oxygen atoms in total. The Hall–Kier alpha value is -2.25. The van der Waals surface area contributed by atoms with Crippen LogP contribution in [0.4, 0.5) is 4.39 Å². The van der Waals surface area contributed by atoms with Crippen molar-refractivity contribution in [1.29, 1.82) is 0 Å². The molecule has 0 aromatic heterocycles. The van der Waals surface area contributed by atoms with Crippen LogP contribution in [0.3, 0.4) is 0 Å². The van der Waals surface area contributed by atoms with Crippen LogP contribution in [0, 0.1) is 5.82 Å². The summed E-state index contributed by atoms with van der Waals surface area (Å²) in [5.74, 6) is -2.53. The Labute approximate surface area is 127 Å². The Morgan fingerprint density at radius 1 is 1.09 bits per heavy atom. The number of halogens is 1. The van der Waals surface area contributed by atoms with E-state index in [4.69, 9.17) is 0 Å². The van der Waals surface area contributed by atoms with Gasteiger partial charge in [0, 0.05) is 0 Å². The summed E-state index contributed by atoms with van der Waals surface area (Å²) in [6.07, 6.45) is -0.100. The first-order chi connectivity index (χ1) is 10.4. The van der Waals surface area contributed by atoms with Crippen molar-refractivity contribution >= 4 is 16.0 Å². The number of carbonyl (C=O) groups is 1. The highest BCUT2D eigenvalue weighted by Crippen LogP contribution is 2.14. The van der Waals surface area contributed by atoms with Crippen LogP contribution < -0.4 is 9.83 Å². The fraction of sp³-hybridized carbons (Fsp3) is 0.133. The maximum atomic E-state index is 13.6. The van der Waals surface area contributed by atoms with E-state index in [0.29, 0.717) is 5.56 Å². The molecule has 0 aliphatic heterocycles. The summed E-state index contributed by atoms with van der Waals surface area (Å²) in [5, 5.41) is 11.2. The van der Waals surface area contributed by atoms with Crippen LogP contribution >= 0.6 is 0 Å². The molecule has 22 heavy (non-hydrogen) atoms. The van der Waals surface area contributed by atoms with Crippen molar-refractivity contribution in [2.24, 2.45) is 0 Å². The van der Waals surface area contributed by atoms with Crippen LogP contribution in [0.2, 0.25) is 0 Å². The molecule has 0 fully saturated rings. The van der Waals surface area contributed by atoms with Gasteiger partial charge in [0.2, 0.25) is 10.0 Å². The van der Waals surface area contributed by atoms with Crippen LogP contribution in [-0.4, -0.2) is 20.4 Å². The van der Waals surface area contributed by atoms with Gasteiger partial charge in [0.1, 0.15) is 10.7 Å². The summed E-state index contributed by atoms with van der Waals surface area (Å²) < 4.78 is 39.8. The molecule has 0 heterocycles. The molecule has 2 aromatic rings. The number of aliphatic carboxylic acids is 1. The number of carbonyl (C=O) groups excluding carboxylic acids is 1. The van der Waals surface area contributed by atoms with Gasteiger partial charge < -0.3 is 9.90 Å². The number of hydrogen-bond acceptors (Lipinski definition) is 4. The van der Waals surface area contributed by atoms with Crippen molar-refractivity contribution in [2.75, 3.05) is 0 Å². The minimum atomic E-state index is -4.30. The highest BCUT2D eigenvalue weighted by atomic mass is 32.2. The molecular weight excluding hydrogens is 309 g/mol. The Kier molecular flexibility index (Phi) is 4.89. The minimum Gasteiger partial charge on any atom is -0.548 e. The van der Waals surface area contributed by atoms with Gasteiger partial charge in [0.05, 0.1) is 12.0 Å². The van der Waals surface area contributed by atoms with Gasteiger partial charge in [-0.1, -0.05) is 42.5 Å². The maximum absolute atomic E-state index is 13.6. The van der Waals surface area contributed by atoms with E-state index < -0.39 is 32.7 Å². The number of carboxylic acid groups (broad SMARTS) is 1. The Morgan fingerprint density at radius 2 is 1.68 bits per heavy atom. The molecule has 0 aliphatic rings. The normalized spacial score (nSPS) is 12.8. The molecule has 1 N–H and O–H groups in total. The fourth-order valence-corrected chi connectivity index (χ4v) is 3.20. The molecule has 0 bridgehead atoms. The van der Waals surface area contributed by atoms with E-state index in [1.807, 2.05) is 4.72 Å². The van der Waals surface area contributed by atoms with Gasteiger partial charge in [-0.2, -0.15) is 0 Å². The second-order valence-electron chi connectivity index (χ2n) is 4.61. The van der Waals surface area contributed by atoms with Gasteiger partial charge in [-0.25, -0.2) is 17.5 Å². The predicted octanol–water partition coefficient (Wildman–Crippen LogP) is 0.465. The van der Waals surface area contributed by atoms with Gasteiger partial charge in [0.15, 0.2) is 0 Å². The van der Waals surface area contributed by atoms with Crippen molar-refractivity contribution in [3.05, 3.63) is 66.0 Å². The van der Waals surface area contributed by atoms with Crippen molar-refractivity contribution in [2.45, 2.75) is 17.4 Å². The lowest BCUT2D eigenvalue weighted by Gasteiger charge is -2.20. The van der Waals surface area contributed by atoms with Crippen LogP contribution in [0.5, 0.6) is 0 Å². The monoisotopic (exact) mass is 322 g/mol. The van der Waals surface area contributed by atoms with E-state index in [2.05, 4.69) is 0 Å². The zero-order valence-electron chi connectivity index (χ0n) is 11.4. The van der Waals surface area contributed by atoms with Gasteiger partial charge in [-0.15, -0.1) is 0 Å². The predicted molar refractivity (Wildman–Crippen MR) is 75.7 cm³/mol. The first-order valence-corrected chi connectivity index (χ1v) is 7.90. The molecule has 0 radical (unpaired) electrons. The minimum absolute atomic E-state index is 0.100. The number of benzene rings is 2. The largest absolute Gasteiger partial charge is 0.548 e. The van der Waals surface area contributed by atoms with Gasteiger partial charge in [-0.3, -0.25) is 0 Å². The van der Waals surface area contributed by atoms with Crippen LogP contribution in [0.1, 0.15) is 5.56 Å². The van der Waals surface area contributed by atoms with Crippen molar-refractivity contribution in [3.63, 3.8) is 0 Å². The SMILES string of the molecule is O=C([O-])C(Cc1ccccc1)NS(=O)(=O)c1ccccc1F. The summed E-state index contributed by atoms with van der Waals surface area (Å²) >= 11 is 0. The van der Waals surface area contributed by atoms with Crippen LogP contribution in [0.15, 0.2) is 59.5 Å². The third-order valence-corrected chi connectivity index (χ3v) is 4.50. The summed E-state index contributed by atoms with van der Waals surface area (Å²) in [6, 6.07) is 11.7. The lowest BCUT2D eigenvalue weighted by atomic mass is 10.1. The van der Waals surface area contributed by atoms with Crippen LogP contribution in [0.25, 0.3) is 0 Å². The van der Waals surface area contributed by atoms with E-state index in [0.717, 1.165) is 12.1 Å². The molecule has 7 heteroatoms. The highest BCUT2D eigenvalue weighted by Gasteiger charge is 2.23. The maximum Gasteiger partial charge on any atom is 0.244 e. The summed E-state index contributed by atoms with van der Waals surface area (Å²) in [6.45, 7) is 0. The molecular formula is C15H13FNO4S-. The average molecular weight is 322 g/mol. The second-order valence-corrected chi connectivity index (χ2v) is 6.30. The zero-order valence-corrected chi connectivity index (χ0v) is 12.2. The third kappa shape index (κ3) is 3.90. The van der Waals surface area contributed by atoms with Gasteiger partial charge in [0.25, 0.3) is 0 Å². The fourth-order valence-electron chi connectivity index (χ4n) is 1.94. The average Bonchev–Trinajstić information content (AvgIpc) is 2.47. The van der Waals surface area contributed by atoms with Crippen molar-refractivity contribution in [3.8, 4) is 0 Å². The smallest absolute Gasteiger partial charge is 0.244 e. The van der Waals surface area contributed by atoms with Crippen molar-refractivity contribution in [1.82, 2.24) is 4.72 Å². The lowest BCUT2D eigenvalue weighted by molar-refractivity contribution is -0.307. The highest BCUT2D eigenvalue weighted by molar-refractivity contribution is 7.89. The van der Waals surface area contributed by atoms with E-state index in [9.17, 15) is 22.7 Å². The molecule has 0 saturated heterocycles. The van der Waals surface area contributed by atoms with Gasteiger partial charge in [-0.05, 0) is 24.1 Å². The van der Waals surface area contributed by atoms with Crippen LogP contribution in [-0.2, 0) is 21.2 Å². The van der Waals surface area contributed by atoms with E-state index >= 15 is 0 Å². The van der Waals surface area contributed by atoms with Crippen molar-refractivity contribution < 1.29 is 22.7 Å².